The summed E-state index contributed by atoms with van der Waals surface area (Å²) < 4.78 is 0. The number of fused-ring (bicyclic) bond motifs is 1. The molecule has 1 aliphatic carbocycles. The Morgan fingerprint density at radius 2 is 2.00 bits per heavy atom. The summed E-state index contributed by atoms with van der Waals surface area (Å²) in [6, 6.07) is 2.16. The van der Waals surface area contributed by atoms with E-state index in [0.717, 1.165) is 55.0 Å². The van der Waals surface area contributed by atoms with Gasteiger partial charge in [0.25, 0.3) is 5.56 Å². The number of nitriles is 1. The van der Waals surface area contributed by atoms with Crippen molar-refractivity contribution in [1.29, 1.82) is 5.26 Å². The van der Waals surface area contributed by atoms with Crippen molar-refractivity contribution >= 4 is 17.7 Å². The Balaban J connectivity index is 2.48. The van der Waals surface area contributed by atoms with Crippen molar-refractivity contribution < 1.29 is 4.79 Å². The van der Waals surface area contributed by atoms with Gasteiger partial charge in [0.05, 0.1) is 16.3 Å². The number of H-pyrrole nitrogens is 1. The van der Waals surface area contributed by atoms with Crippen LogP contribution in [0.25, 0.3) is 0 Å². The molecule has 1 aliphatic rings. The highest BCUT2D eigenvalue weighted by Gasteiger charge is 2.19. The molecule has 0 bridgehead atoms. The zero-order chi connectivity index (χ0) is 13.8. The lowest BCUT2D eigenvalue weighted by molar-refractivity contribution is -0.115. The molecule has 0 aliphatic heterocycles. The maximum absolute atomic E-state index is 12.1. The van der Waals surface area contributed by atoms with Crippen LogP contribution in [0.4, 0.5) is 0 Å². The first-order chi connectivity index (χ1) is 9.13. The van der Waals surface area contributed by atoms with Gasteiger partial charge >= 0.3 is 0 Å². The molecular formula is C13H15N3O2S. The minimum absolute atomic E-state index is 0.0589. The molecule has 0 atom stereocenters. The van der Waals surface area contributed by atoms with E-state index in [-0.39, 0.29) is 11.3 Å². The van der Waals surface area contributed by atoms with Crippen LogP contribution in [0.5, 0.6) is 0 Å². The molecule has 5 nitrogen and oxygen atoms in total. The number of carbonyl (C=O) groups is 1. The number of hydrogen-bond donors (Lipinski definition) is 2. The molecule has 0 saturated heterocycles. The van der Waals surface area contributed by atoms with Crippen molar-refractivity contribution in [1.82, 2.24) is 4.98 Å². The van der Waals surface area contributed by atoms with E-state index in [1.807, 2.05) is 0 Å². The molecule has 19 heavy (non-hydrogen) atoms. The van der Waals surface area contributed by atoms with Gasteiger partial charge in [-0.1, -0.05) is 18.2 Å². The number of nitrogens with one attached hydrogen (secondary N) is 1. The topological polar surface area (TPSA) is 99.7 Å². The van der Waals surface area contributed by atoms with Crippen molar-refractivity contribution in [3.05, 3.63) is 27.0 Å². The van der Waals surface area contributed by atoms with Crippen LogP contribution in [0.3, 0.4) is 0 Å². The fourth-order valence-corrected chi connectivity index (χ4v) is 3.12. The maximum atomic E-state index is 12.1. The average molecular weight is 277 g/mol. The largest absolute Gasteiger partial charge is 0.369 e. The third kappa shape index (κ3) is 2.99. The Morgan fingerprint density at radius 3 is 2.63 bits per heavy atom. The standard InChI is InChI=1S/C13H15N3O2S/c14-6-10-8-4-2-1-3-5-9(8)12(18)16-13(10)19-7-11(15)17/h1-5,7H2,(H2,15,17)(H,16,18). The second-order valence-corrected chi connectivity index (χ2v) is 5.53. The van der Waals surface area contributed by atoms with Crippen molar-refractivity contribution in [3.8, 4) is 6.07 Å². The summed E-state index contributed by atoms with van der Waals surface area (Å²) in [5.41, 5.74) is 7.06. The summed E-state index contributed by atoms with van der Waals surface area (Å²) in [5, 5.41) is 9.79. The summed E-state index contributed by atoms with van der Waals surface area (Å²) in [4.78, 5) is 25.6. The molecule has 0 radical (unpaired) electrons. The van der Waals surface area contributed by atoms with Gasteiger partial charge in [-0.25, -0.2) is 0 Å². The van der Waals surface area contributed by atoms with Gasteiger partial charge in [-0.15, -0.1) is 0 Å². The zero-order valence-corrected chi connectivity index (χ0v) is 11.3. The van der Waals surface area contributed by atoms with Crippen LogP contribution in [0, 0.1) is 11.3 Å². The number of thioether (sulfide) groups is 1. The minimum atomic E-state index is -0.468. The lowest BCUT2D eigenvalue weighted by atomic mass is 10.0. The van der Waals surface area contributed by atoms with Crippen molar-refractivity contribution in [3.63, 3.8) is 0 Å². The van der Waals surface area contributed by atoms with Crippen molar-refractivity contribution in [2.45, 2.75) is 37.1 Å². The lowest BCUT2D eigenvalue weighted by Gasteiger charge is -2.10. The fraction of sp³-hybridized carbons (Fsp3) is 0.462. The molecule has 1 amide bonds. The van der Waals surface area contributed by atoms with E-state index in [2.05, 4.69) is 11.1 Å². The number of nitrogens with two attached hydrogens (primary N) is 1. The van der Waals surface area contributed by atoms with E-state index >= 15 is 0 Å². The van der Waals surface area contributed by atoms with Crippen LogP contribution >= 0.6 is 11.8 Å². The molecule has 0 spiro atoms. The van der Waals surface area contributed by atoms with Crippen LogP contribution in [0.2, 0.25) is 0 Å². The van der Waals surface area contributed by atoms with Crippen LogP contribution < -0.4 is 11.3 Å². The Morgan fingerprint density at radius 1 is 1.32 bits per heavy atom. The van der Waals surface area contributed by atoms with E-state index in [0.29, 0.717) is 10.6 Å². The highest BCUT2D eigenvalue weighted by Crippen LogP contribution is 2.27. The number of rotatable bonds is 3. The van der Waals surface area contributed by atoms with Crippen LogP contribution in [0.1, 0.15) is 36.0 Å². The highest BCUT2D eigenvalue weighted by molar-refractivity contribution is 7.99. The summed E-state index contributed by atoms with van der Waals surface area (Å²) in [5.74, 6) is -0.409. The van der Waals surface area contributed by atoms with E-state index in [1.165, 1.54) is 0 Å². The van der Waals surface area contributed by atoms with E-state index in [9.17, 15) is 14.9 Å². The molecule has 6 heteroatoms. The first-order valence-electron chi connectivity index (χ1n) is 6.22. The molecule has 0 aromatic carbocycles. The van der Waals surface area contributed by atoms with Gasteiger partial charge in [-0.2, -0.15) is 5.26 Å². The molecule has 0 fully saturated rings. The highest BCUT2D eigenvalue weighted by atomic mass is 32.2. The molecule has 2 rings (SSSR count). The number of aromatic nitrogens is 1. The molecule has 0 unspecified atom stereocenters. The molecule has 0 saturated carbocycles. The van der Waals surface area contributed by atoms with Gasteiger partial charge in [0, 0.05) is 5.56 Å². The van der Waals surface area contributed by atoms with Gasteiger partial charge in [0.2, 0.25) is 5.91 Å². The average Bonchev–Trinajstić information content (AvgIpc) is 2.62. The second kappa shape index (κ2) is 5.93. The van der Waals surface area contributed by atoms with Gasteiger partial charge < -0.3 is 10.7 Å². The first-order valence-corrected chi connectivity index (χ1v) is 7.21. The van der Waals surface area contributed by atoms with Gasteiger partial charge in [-0.05, 0) is 31.2 Å². The molecule has 3 N–H and O–H groups in total. The minimum Gasteiger partial charge on any atom is -0.369 e. The van der Waals surface area contributed by atoms with Crippen molar-refractivity contribution in [2.24, 2.45) is 5.73 Å². The molecule has 1 aromatic rings. The maximum Gasteiger partial charge on any atom is 0.252 e. The number of amides is 1. The predicted octanol–water partition coefficient (Wildman–Crippen LogP) is 1.09. The third-order valence-electron chi connectivity index (χ3n) is 3.22. The quantitative estimate of drug-likeness (QED) is 0.638. The lowest BCUT2D eigenvalue weighted by Crippen LogP contribution is -2.19. The Bertz CT molecular complexity index is 601. The van der Waals surface area contributed by atoms with Crippen LogP contribution in [-0.2, 0) is 17.6 Å². The molecule has 100 valence electrons. The van der Waals surface area contributed by atoms with E-state index in [4.69, 9.17) is 5.73 Å². The monoisotopic (exact) mass is 277 g/mol. The summed E-state index contributed by atoms with van der Waals surface area (Å²) in [6.45, 7) is 0. The first kappa shape index (κ1) is 13.7. The fourth-order valence-electron chi connectivity index (χ4n) is 2.36. The molecule has 1 aromatic heterocycles. The van der Waals surface area contributed by atoms with Gasteiger partial charge in [0.1, 0.15) is 6.07 Å². The predicted molar refractivity (Wildman–Crippen MR) is 73.0 cm³/mol. The van der Waals surface area contributed by atoms with Crippen molar-refractivity contribution in [2.75, 3.05) is 5.75 Å². The molecule has 1 heterocycles. The summed E-state index contributed by atoms with van der Waals surface area (Å²) in [7, 11) is 0. The number of primary amides is 1. The summed E-state index contributed by atoms with van der Waals surface area (Å²) in [6.07, 6.45) is 4.52. The summed E-state index contributed by atoms with van der Waals surface area (Å²) >= 11 is 1.12. The SMILES string of the molecule is N#Cc1c(SCC(N)=O)[nH]c(=O)c2c1CCCCC2. The molecular weight excluding hydrogens is 262 g/mol. The Hall–Kier alpha value is -1.74. The van der Waals surface area contributed by atoms with E-state index in [1.54, 1.807) is 0 Å². The van der Waals surface area contributed by atoms with Gasteiger partial charge in [-0.3, -0.25) is 9.59 Å². The van der Waals surface area contributed by atoms with Crippen LogP contribution in [-0.4, -0.2) is 16.6 Å². The Labute approximate surface area is 115 Å². The van der Waals surface area contributed by atoms with E-state index < -0.39 is 5.91 Å². The van der Waals surface area contributed by atoms with Gasteiger partial charge in [0.15, 0.2) is 0 Å². The smallest absolute Gasteiger partial charge is 0.252 e. The third-order valence-corrected chi connectivity index (χ3v) is 4.24. The number of nitrogens with zero attached hydrogens (tertiary/aromatic N) is 1. The number of carbonyl (C=O) groups excluding carboxylic acids is 1. The Kier molecular flexibility index (Phi) is 4.27. The number of pyridine rings is 1. The zero-order valence-electron chi connectivity index (χ0n) is 10.5. The number of hydrogen-bond acceptors (Lipinski definition) is 4. The normalized spacial score (nSPS) is 14.3. The second-order valence-electron chi connectivity index (χ2n) is 4.54. The number of aromatic amines is 1. The van der Waals surface area contributed by atoms with Crippen LogP contribution in [0.15, 0.2) is 9.82 Å².